The van der Waals surface area contributed by atoms with Crippen LogP contribution in [0.2, 0.25) is 0 Å². The number of carbonyl (C=O) groups is 1. The van der Waals surface area contributed by atoms with Crippen LogP contribution in [0.1, 0.15) is 15.9 Å². The molecule has 0 aliphatic carbocycles. The maximum atomic E-state index is 11.9. The molecule has 5 heteroatoms. The summed E-state index contributed by atoms with van der Waals surface area (Å²) in [5.74, 6) is -0.358. The highest BCUT2D eigenvalue weighted by Gasteiger charge is 2.10. The summed E-state index contributed by atoms with van der Waals surface area (Å²) in [5, 5.41) is 3.91. The second kappa shape index (κ2) is 5.75. The van der Waals surface area contributed by atoms with Crippen molar-refractivity contribution in [2.45, 2.75) is 6.61 Å². The molecule has 1 aromatic carbocycles. The molecule has 0 radical (unpaired) electrons. The maximum Gasteiger partial charge on any atom is 0.338 e. The summed E-state index contributed by atoms with van der Waals surface area (Å²) in [5.41, 5.74) is 8.82. The number of benzene rings is 1. The molecule has 0 unspecified atom stereocenters. The third-order valence-electron chi connectivity index (χ3n) is 2.70. The molecule has 0 spiro atoms. The van der Waals surface area contributed by atoms with Crippen molar-refractivity contribution in [2.75, 3.05) is 24.7 Å². The third kappa shape index (κ3) is 3.26. The van der Waals surface area contributed by atoms with Crippen LogP contribution in [-0.4, -0.2) is 20.1 Å². The van der Waals surface area contributed by atoms with Crippen molar-refractivity contribution in [1.29, 1.82) is 0 Å². The van der Waals surface area contributed by atoms with E-state index in [4.69, 9.17) is 10.5 Å². The van der Waals surface area contributed by atoms with Gasteiger partial charge in [0.25, 0.3) is 0 Å². The number of esters is 1. The third-order valence-corrected chi connectivity index (χ3v) is 3.43. The first-order valence-electron chi connectivity index (χ1n) is 5.83. The number of nitrogens with two attached hydrogens (primary N) is 1. The average Bonchev–Trinajstić information content (AvgIpc) is 2.88. The molecule has 1 heterocycles. The van der Waals surface area contributed by atoms with E-state index in [9.17, 15) is 4.79 Å². The fourth-order valence-electron chi connectivity index (χ4n) is 1.70. The molecule has 0 aliphatic heterocycles. The van der Waals surface area contributed by atoms with E-state index in [1.54, 1.807) is 23.5 Å². The summed E-state index contributed by atoms with van der Waals surface area (Å²) < 4.78 is 5.23. The van der Waals surface area contributed by atoms with Crippen molar-refractivity contribution < 1.29 is 9.53 Å². The Kier molecular flexibility index (Phi) is 4.06. The summed E-state index contributed by atoms with van der Waals surface area (Å²) in [7, 11) is 3.81. The van der Waals surface area contributed by atoms with Crippen molar-refractivity contribution in [3.63, 3.8) is 0 Å². The van der Waals surface area contributed by atoms with Crippen LogP contribution >= 0.6 is 11.3 Å². The number of rotatable bonds is 4. The summed E-state index contributed by atoms with van der Waals surface area (Å²) >= 11 is 1.58. The SMILES string of the molecule is CN(C)c1ccc(C(=O)OCc2ccsc2)cc1N. The predicted octanol–water partition coefficient (Wildman–Crippen LogP) is 2.75. The molecule has 100 valence electrons. The lowest BCUT2D eigenvalue weighted by Crippen LogP contribution is -2.12. The van der Waals surface area contributed by atoms with Gasteiger partial charge in [0.1, 0.15) is 6.61 Å². The number of nitrogens with zero attached hydrogens (tertiary/aromatic N) is 1. The number of hydrogen-bond donors (Lipinski definition) is 1. The van der Waals surface area contributed by atoms with Crippen molar-refractivity contribution in [1.82, 2.24) is 0 Å². The van der Waals surface area contributed by atoms with E-state index in [2.05, 4.69) is 0 Å². The minimum atomic E-state index is -0.358. The molecule has 4 nitrogen and oxygen atoms in total. The first-order chi connectivity index (χ1) is 9.08. The zero-order valence-corrected chi connectivity index (χ0v) is 11.7. The Morgan fingerprint density at radius 1 is 1.37 bits per heavy atom. The number of ether oxygens (including phenoxy) is 1. The first kappa shape index (κ1) is 13.4. The van der Waals surface area contributed by atoms with Gasteiger partial charge < -0.3 is 15.4 Å². The molecule has 19 heavy (non-hydrogen) atoms. The van der Waals surface area contributed by atoms with Crippen LogP contribution in [0, 0.1) is 0 Å². The zero-order valence-electron chi connectivity index (χ0n) is 10.9. The lowest BCUT2D eigenvalue weighted by atomic mass is 10.1. The van der Waals surface area contributed by atoms with Crippen molar-refractivity contribution in [2.24, 2.45) is 0 Å². The van der Waals surface area contributed by atoms with Gasteiger partial charge in [-0.15, -0.1) is 0 Å². The van der Waals surface area contributed by atoms with Crippen LogP contribution in [0.4, 0.5) is 11.4 Å². The van der Waals surface area contributed by atoms with E-state index in [1.165, 1.54) is 0 Å². The van der Waals surface area contributed by atoms with Crippen molar-refractivity contribution in [3.8, 4) is 0 Å². The Balaban J connectivity index is 2.05. The lowest BCUT2D eigenvalue weighted by molar-refractivity contribution is 0.0473. The second-order valence-electron chi connectivity index (χ2n) is 4.38. The van der Waals surface area contributed by atoms with Crippen LogP contribution in [0.5, 0.6) is 0 Å². The molecular weight excluding hydrogens is 260 g/mol. The monoisotopic (exact) mass is 276 g/mol. The molecule has 0 amide bonds. The van der Waals surface area contributed by atoms with Gasteiger partial charge in [-0.25, -0.2) is 4.79 Å². The van der Waals surface area contributed by atoms with Gasteiger partial charge in [-0.2, -0.15) is 11.3 Å². The van der Waals surface area contributed by atoms with E-state index in [0.29, 0.717) is 11.3 Å². The van der Waals surface area contributed by atoms with E-state index in [1.807, 2.05) is 41.9 Å². The van der Waals surface area contributed by atoms with Crippen molar-refractivity contribution >= 4 is 28.7 Å². The van der Waals surface area contributed by atoms with E-state index in [-0.39, 0.29) is 12.6 Å². The van der Waals surface area contributed by atoms with Crippen LogP contribution in [-0.2, 0) is 11.3 Å². The average molecular weight is 276 g/mol. The fourth-order valence-corrected chi connectivity index (χ4v) is 2.35. The summed E-state index contributed by atoms with van der Waals surface area (Å²) in [6.45, 7) is 0.289. The molecule has 0 atom stereocenters. The first-order valence-corrected chi connectivity index (χ1v) is 6.77. The van der Waals surface area contributed by atoms with Gasteiger partial charge in [0.05, 0.1) is 16.9 Å². The van der Waals surface area contributed by atoms with Gasteiger partial charge >= 0.3 is 5.97 Å². The highest BCUT2D eigenvalue weighted by Crippen LogP contribution is 2.22. The van der Waals surface area contributed by atoms with Crippen LogP contribution in [0.15, 0.2) is 35.0 Å². The molecular formula is C14H16N2O2S. The number of anilines is 2. The number of nitrogen functional groups attached to an aromatic ring is 1. The summed E-state index contributed by atoms with van der Waals surface area (Å²) in [6, 6.07) is 7.12. The number of carbonyl (C=O) groups excluding carboxylic acids is 1. The van der Waals surface area contributed by atoms with Gasteiger partial charge in [0.2, 0.25) is 0 Å². The fraction of sp³-hybridized carbons (Fsp3) is 0.214. The topological polar surface area (TPSA) is 55.6 Å². The molecule has 0 fully saturated rings. The largest absolute Gasteiger partial charge is 0.457 e. The quantitative estimate of drug-likeness (QED) is 0.689. The molecule has 0 bridgehead atoms. The molecule has 0 aliphatic rings. The normalized spacial score (nSPS) is 10.2. The smallest absolute Gasteiger partial charge is 0.338 e. The lowest BCUT2D eigenvalue weighted by Gasteiger charge is -2.15. The minimum absolute atomic E-state index is 0.289. The van der Waals surface area contributed by atoms with Gasteiger partial charge in [-0.05, 0) is 35.0 Å². The highest BCUT2D eigenvalue weighted by molar-refractivity contribution is 7.07. The van der Waals surface area contributed by atoms with Gasteiger partial charge in [-0.1, -0.05) is 0 Å². The Morgan fingerprint density at radius 2 is 2.16 bits per heavy atom. The summed E-state index contributed by atoms with van der Waals surface area (Å²) in [6.07, 6.45) is 0. The Morgan fingerprint density at radius 3 is 2.74 bits per heavy atom. The van der Waals surface area contributed by atoms with Gasteiger partial charge in [0, 0.05) is 19.7 Å². The molecule has 2 aromatic rings. The van der Waals surface area contributed by atoms with Gasteiger partial charge in [0.15, 0.2) is 0 Å². The van der Waals surface area contributed by atoms with Gasteiger partial charge in [-0.3, -0.25) is 0 Å². The van der Waals surface area contributed by atoms with Crippen LogP contribution in [0.25, 0.3) is 0 Å². The molecule has 1 aromatic heterocycles. The second-order valence-corrected chi connectivity index (χ2v) is 5.16. The molecule has 2 rings (SSSR count). The Hall–Kier alpha value is -2.01. The van der Waals surface area contributed by atoms with Crippen LogP contribution < -0.4 is 10.6 Å². The van der Waals surface area contributed by atoms with Crippen LogP contribution in [0.3, 0.4) is 0 Å². The van der Waals surface area contributed by atoms with E-state index < -0.39 is 0 Å². The van der Waals surface area contributed by atoms with Crippen molar-refractivity contribution in [3.05, 3.63) is 46.2 Å². The summed E-state index contributed by atoms with van der Waals surface area (Å²) in [4.78, 5) is 13.8. The molecule has 2 N–H and O–H groups in total. The van der Waals surface area contributed by atoms with E-state index >= 15 is 0 Å². The number of hydrogen-bond acceptors (Lipinski definition) is 5. The molecule has 0 saturated carbocycles. The maximum absolute atomic E-state index is 11.9. The van der Waals surface area contributed by atoms with E-state index in [0.717, 1.165) is 11.3 Å². The highest BCUT2D eigenvalue weighted by atomic mass is 32.1. The predicted molar refractivity (Wildman–Crippen MR) is 78.6 cm³/mol. The Labute approximate surface area is 116 Å². The Bertz CT molecular complexity index is 565. The molecule has 0 saturated heterocycles. The zero-order chi connectivity index (χ0) is 13.8. The number of thiophene rings is 1. The standard InChI is InChI=1S/C14H16N2O2S/c1-16(2)13-4-3-11(7-12(13)15)14(17)18-8-10-5-6-19-9-10/h3-7,9H,8,15H2,1-2H3. The minimum Gasteiger partial charge on any atom is -0.457 e.